The molecule has 4 aromatic rings. The van der Waals surface area contributed by atoms with Crippen LogP contribution in [0.2, 0.25) is 0 Å². The summed E-state index contributed by atoms with van der Waals surface area (Å²) in [5.41, 5.74) is -4.26. The minimum atomic E-state index is -6.09. The molecule has 64 heavy (non-hydrogen) atoms. The monoisotopic (exact) mass is 979 g/mol. The number of nitrogens with zero attached hydrogens (tertiary/aromatic N) is 5. The number of non-ortho nitro benzene ring substituents is 2. The zero-order chi connectivity index (χ0) is 47.5. The summed E-state index contributed by atoms with van der Waals surface area (Å²) in [6.07, 6.45) is 3.74. The molecule has 0 bridgehead atoms. The van der Waals surface area contributed by atoms with E-state index in [2.05, 4.69) is 4.72 Å². The Morgan fingerprint density at radius 2 is 1.53 bits per heavy atom. The first-order valence-corrected chi connectivity index (χ1v) is 23.2. The van der Waals surface area contributed by atoms with Crippen molar-refractivity contribution in [3.05, 3.63) is 103 Å². The number of thiazole rings is 1. The summed E-state index contributed by atoms with van der Waals surface area (Å²) in [4.78, 5) is 62.7. The lowest BCUT2D eigenvalue weighted by Crippen LogP contribution is -2.63. The van der Waals surface area contributed by atoms with Gasteiger partial charge in [0.1, 0.15) is 25.1 Å². The lowest BCUT2D eigenvalue weighted by atomic mass is 9.77. The predicted molar refractivity (Wildman–Crippen MR) is 216 cm³/mol. The van der Waals surface area contributed by atoms with Crippen LogP contribution in [0.15, 0.2) is 71.8 Å². The average Bonchev–Trinajstić information content (AvgIpc) is 3.83. The Bertz CT molecular complexity index is 2710. The number of imidazole rings is 1. The lowest BCUT2D eigenvalue weighted by molar-refractivity contribution is -0.729. The van der Waals surface area contributed by atoms with Crippen LogP contribution in [0.3, 0.4) is 0 Å². The van der Waals surface area contributed by atoms with Crippen LogP contribution >= 0.6 is 23.1 Å². The number of nitro benzene ring substituents is 2. The Morgan fingerprint density at radius 3 is 2.02 bits per heavy atom. The third kappa shape index (κ3) is 11.1. The van der Waals surface area contributed by atoms with Crippen LogP contribution in [0.5, 0.6) is 0 Å². The first-order valence-electron chi connectivity index (χ1n) is 18.3. The van der Waals surface area contributed by atoms with Crippen molar-refractivity contribution in [3.8, 4) is 0 Å². The molecule has 2 amide bonds. The molecular formula is C35H36F3N7O15S4. The van der Waals surface area contributed by atoms with Gasteiger partial charge in [0.15, 0.2) is 10.1 Å². The average molecular weight is 980 g/mol. The topological polar surface area (TPSA) is 303 Å². The molecule has 0 radical (unpaired) electrons. The molecule has 2 aliphatic rings. The highest BCUT2D eigenvalue weighted by molar-refractivity contribution is 7.98. The van der Waals surface area contributed by atoms with Gasteiger partial charge in [-0.05, 0) is 55.0 Å². The number of hydrogen-bond donors (Lipinski definition) is 3. The number of nitro groups is 2. The molecule has 0 unspecified atom stereocenters. The molecule has 1 saturated heterocycles. The van der Waals surface area contributed by atoms with Crippen molar-refractivity contribution in [3.63, 3.8) is 0 Å². The molecule has 29 heteroatoms. The first kappa shape index (κ1) is 49.3. The fraction of sp³-hybridized carbons (Fsp3) is 0.371. The summed E-state index contributed by atoms with van der Waals surface area (Å²) in [5.74, 6) is -2.15. The van der Waals surface area contributed by atoms with Crippen LogP contribution in [0.4, 0.5) is 29.3 Å². The van der Waals surface area contributed by atoms with Gasteiger partial charge in [-0.2, -0.15) is 30.7 Å². The van der Waals surface area contributed by atoms with E-state index < -0.39 is 65.8 Å². The Labute approximate surface area is 368 Å². The number of benzene rings is 2. The van der Waals surface area contributed by atoms with Gasteiger partial charge in [0, 0.05) is 42.3 Å². The van der Waals surface area contributed by atoms with E-state index in [4.69, 9.17) is 22.4 Å². The van der Waals surface area contributed by atoms with Gasteiger partial charge in [-0.25, -0.2) is 27.3 Å². The second-order valence-electron chi connectivity index (χ2n) is 13.9. The number of carbonyl (C=O) groups is 3. The van der Waals surface area contributed by atoms with Gasteiger partial charge in [0.2, 0.25) is 15.8 Å². The molecule has 3 N–H and O–H groups in total. The SMILES string of the molecule is CSc1c2sc(C3=C(C(=O)OCc4ccc([N+](=O)[O-])cc4)N4C(=O)[C@H]([C@@H](C)O)[C@H]4[C@H]3C)cn2c[n+]1CCCNS(=O)(=O)NC(=O)OCc1ccc([N+](=O)[O-])cc1.O=S(=O)([O-])C(F)(F)F. The number of nitrogens with one attached hydrogen (secondary N) is 2. The number of β-lactam (4-membered cyclic amide) rings is 1. The molecular weight excluding hydrogens is 944 g/mol. The zero-order valence-electron chi connectivity index (χ0n) is 33.3. The Kier molecular flexibility index (Phi) is 15.1. The Hall–Kier alpha value is -5.72. The van der Waals surface area contributed by atoms with E-state index in [1.165, 1.54) is 83.5 Å². The molecule has 0 saturated carbocycles. The smallest absolute Gasteiger partial charge is 0.485 e. The number of alkyl halides is 3. The summed E-state index contributed by atoms with van der Waals surface area (Å²) in [5, 5.41) is 33.1. The Morgan fingerprint density at radius 1 is 1.00 bits per heavy atom. The van der Waals surface area contributed by atoms with Gasteiger partial charge in [-0.15, -0.1) is 0 Å². The van der Waals surface area contributed by atoms with E-state index >= 15 is 0 Å². The number of esters is 1. The normalized spacial score (nSPS) is 17.8. The third-order valence-electron chi connectivity index (χ3n) is 9.63. The van der Waals surface area contributed by atoms with E-state index in [9.17, 15) is 61.3 Å². The Balaban J connectivity index is 0.000000878. The zero-order valence-corrected chi connectivity index (χ0v) is 36.6. The number of hydrogen-bond acceptors (Lipinski definition) is 17. The fourth-order valence-corrected chi connectivity index (χ4v) is 9.70. The number of amides is 2. The number of aliphatic hydroxyl groups is 1. The summed E-state index contributed by atoms with van der Waals surface area (Å²) in [7, 11) is -10.3. The number of carbonyl (C=O) groups excluding carboxylic acids is 3. The van der Waals surface area contributed by atoms with Crippen molar-refractivity contribution in [2.45, 2.75) is 62.7 Å². The van der Waals surface area contributed by atoms with E-state index in [-0.39, 0.29) is 48.7 Å². The van der Waals surface area contributed by atoms with Crippen molar-refractivity contribution >= 4 is 83.2 Å². The summed E-state index contributed by atoms with van der Waals surface area (Å²) in [6.45, 7) is 3.33. The maximum absolute atomic E-state index is 13.7. The van der Waals surface area contributed by atoms with Crippen molar-refractivity contribution in [1.29, 1.82) is 0 Å². The summed E-state index contributed by atoms with van der Waals surface area (Å²) in [6, 6.07) is 10.4. The molecule has 2 aromatic heterocycles. The number of aromatic nitrogens is 2. The number of aryl methyl sites for hydroxylation is 1. The van der Waals surface area contributed by atoms with Crippen LogP contribution in [-0.4, -0.2) is 94.1 Å². The van der Waals surface area contributed by atoms with Gasteiger partial charge in [-0.3, -0.25) is 25.0 Å². The van der Waals surface area contributed by atoms with Crippen LogP contribution < -0.4 is 14.0 Å². The van der Waals surface area contributed by atoms with E-state index in [1.807, 2.05) is 34.7 Å². The van der Waals surface area contributed by atoms with Crippen molar-refractivity contribution in [2.75, 3.05) is 12.8 Å². The van der Waals surface area contributed by atoms with Gasteiger partial charge in [-0.1, -0.05) is 30.0 Å². The first-order chi connectivity index (χ1) is 29.8. The summed E-state index contributed by atoms with van der Waals surface area (Å²) < 4.78 is 102. The van der Waals surface area contributed by atoms with Gasteiger partial charge in [0.05, 0.1) is 39.3 Å². The molecule has 22 nitrogen and oxygen atoms in total. The molecule has 1 fully saturated rings. The fourth-order valence-electron chi connectivity index (χ4n) is 6.73. The number of rotatable bonds is 16. The van der Waals surface area contributed by atoms with Gasteiger partial charge in [0.25, 0.3) is 17.7 Å². The third-order valence-corrected chi connectivity index (χ3v) is 13.3. The number of thioether (sulfide) groups is 1. The maximum atomic E-state index is 13.7. The molecule has 4 heterocycles. The van der Waals surface area contributed by atoms with E-state index in [1.54, 1.807) is 4.72 Å². The number of aliphatic hydroxyl groups excluding tert-OH is 1. The largest absolute Gasteiger partial charge is 0.741 e. The molecule has 346 valence electrons. The highest BCUT2D eigenvalue weighted by Gasteiger charge is 2.60. The second kappa shape index (κ2) is 19.6. The van der Waals surface area contributed by atoms with Crippen molar-refractivity contribution in [2.24, 2.45) is 11.8 Å². The minimum Gasteiger partial charge on any atom is -0.741 e. The van der Waals surface area contributed by atoms with Crippen LogP contribution in [0.1, 0.15) is 36.3 Å². The highest BCUT2D eigenvalue weighted by atomic mass is 32.2. The van der Waals surface area contributed by atoms with Gasteiger partial charge >= 0.3 is 27.8 Å². The highest BCUT2D eigenvalue weighted by Crippen LogP contribution is 2.52. The standard InChI is InChI=1S/C34H35N7O12S3.CHF3O3S/c1-19-26(29(39-28(19)27(20(2)42)30(39)43)33(44)52-16-21-5-9-23(10-6-21)40(46)47)25-15-38-18-37(31(54-3)32(38)55-25)14-4-13-35-56(50,51)36-34(45)53-17-22-7-11-24(12-8-22)41(48)49;2-1(3,4)8(5,6)7/h5-12,15,18-20,27-28,35,42H,4,13-14,16-17H2,1-3H3;(H,5,6,7)/t19-,20+,27+,28+;/m0./s1. The van der Waals surface area contributed by atoms with Crippen LogP contribution in [0.25, 0.3) is 10.4 Å². The van der Waals surface area contributed by atoms with Crippen molar-refractivity contribution < 1.29 is 77.9 Å². The van der Waals surface area contributed by atoms with Gasteiger partial charge < -0.3 is 24.0 Å². The summed E-state index contributed by atoms with van der Waals surface area (Å²) >= 11 is 2.86. The second-order valence-corrected chi connectivity index (χ2v) is 18.6. The quantitative estimate of drug-likeness (QED) is 0.0167. The predicted octanol–water partition coefficient (Wildman–Crippen LogP) is 3.34. The molecule has 0 spiro atoms. The number of halogens is 3. The molecule has 2 aliphatic heterocycles. The van der Waals surface area contributed by atoms with Crippen LogP contribution in [-0.2, 0) is 59.1 Å². The minimum absolute atomic E-state index is 0.0218. The van der Waals surface area contributed by atoms with E-state index in [0.29, 0.717) is 34.5 Å². The molecule has 0 aliphatic carbocycles. The van der Waals surface area contributed by atoms with Crippen LogP contribution in [0, 0.1) is 32.1 Å². The number of fused-ring (bicyclic) bond motifs is 2. The number of ether oxygens (including phenoxy) is 2. The maximum Gasteiger partial charge on any atom is 0.485 e. The molecule has 4 atom stereocenters. The molecule has 2 aromatic carbocycles. The molecule has 6 rings (SSSR count). The van der Waals surface area contributed by atoms with E-state index in [0.717, 1.165) is 9.86 Å². The lowest BCUT2D eigenvalue weighted by Gasteiger charge is -2.46. The van der Waals surface area contributed by atoms with Crippen molar-refractivity contribution in [1.82, 2.24) is 18.7 Å².